The molecule has 1 amide bonds. The zero-order valence-corrected chi connectivity index (χ0v) is 21.5. The number of thiazole rings is 1. The van der Waals surface area contributed by atoms with Gasteiger partial charge in [0, 0.05) is 26.2 Å². The first-order valence-corrected chi connectivity index (χ1v) is 14.0. The SMILES string of the molecule is Cc1ccccc1NC(=O)Cn1c2c(sc1=O)[C@@H](c1cccc(Br)c1)C1C3CCC(C3)C1S2. The third kappa shape index (κ3) is 3.72. The van der Waals surface area contributed by atoms with Gasteiger partial charge in [-0.15, -0.1) is 11.8 Å². The van der Waals surface area contributed by atoms with E-state index in [4.69, 9.17) is 0 Å². The Bertz CT molecular complexity index is 1300. The Labute approximate surface area is 209 Å². The first-order valence-electron chi connectivity index (χ1n) is 11.5. The second-order valence-corrected chi connectivity index (χ2v) is 12.6. The van der Waals surface area contributed by atoms with Crippen LogP contribution in [0.25, 0.3) is 0 Å². The van der Waals surface area contributed by atoms with E-state index in [2.05, 4.69) is 45.5 Å². The van der Waals surface area contributed by atoms with Crippen LogP contribution >= 0.6 is 39.0 Å². The van der Waals surface area contributed by atoms with E-state index in [9.17, 15) is 9.59 Å². The third-order valence-electron chi connectivity index (χ3n) is 7.62. The van der Waals surface area contributed by atoms with E-state index in [0.29, 0.717) is 11.2 Å². The molecule has 6 rings (SSSR count). The fourth-order valence-corrected chi connectivity index (χ4v) is 9.77. The highest BCUT2D eigenvalue weighted by Crippen LogP contribution is 2.64. The molecule has 1 N–H and O–H groups in total. The number of carbonyl (C=O) groups excluding carboxylic acids is 1. The lowest BCUT2D eigenvalue weighted by atomic mass is 9.75. The number of nitrogens with zero attached hydrogens (tertiary/aromatic N) is 1. The monoisotopic (exact) mass is 540 g/mol. The Balaban J connectivity index is 1.38. The highest BCUT2D eigenvalue weighted by atomic mass is 79.9. The van der Waals surface area contributed by atoms with Crippen molar-refractivity contribution in [3.8, 4) is 0 Å². The minimum Gasteiger partial charge on any atom is -0.324 e. The summed E-state index contributed by atoms with van der Waals surface area (Å²) in [5.74, 6) is 2.11. The average Bonchev–Trinajstić information content (AvgIpc) is 3.48. The number of benzene rings is 2. The molecule has 2 heterocycles. The highest BCUT2D eigenvalue weighted by Gasteiger charge is 2.55. The molecule has 3 aromatic rings. The number of thioether (sulfide) groups is 1. The Kier molecular flexibility index (Phi) is 5.54. The number of aromatic nitrogens is 1. The molecule has 2 aliphatic carbocycles. The smallest absolute Gasteiger partial charge is 0.308 e. The quantitative estimate of drug-likeness (QED) is 0.424. The van der Waals surface area contributed by atoms with E-state index in [1.807, 2.05) is 43.0 Å². The number of anilines is 1. The van der Waals surface area contributed by atoms with Crippen LogP contribution in [0.15, 0.2) is 62.8 Å². The summed E-state index contributed by atoms with van der Waals surface area (Å²) < 4.78 is 2.80. The van der Waals surface area contributed by atoms with E-state index in [1.54, 1.807) is 4.57 Å². The Morgan fingerprint density at radius 3 is 2.79 bits per heavy atom. The number of nitrogens with one attached hydrogen (secondary N) is 1. The normalized spacial score (nSPS) is 27.3. The maximum absolute atomic E-state index is 13.2. The molecule has 7 heteroatoms. The molecule has 1 aromatic heterocycles. The van der Waals surface area contributed by atoms with Crippen LogP contribution in [-0.4, -0.2) is 15.7 Å². The van der Waals surface area contributed by atoms with Crippen molar-refractivity contribution in [1.29, 1.82) is 0 Å². The minimum absolute atomic E-state index is 0.0280. The average molecular weight is 542 g/mol. The molecule has 2 saturated carbocycles. The molecular weight excluding hydrogens is 516 g/mol. The summed E-state index contributed by atoms with van der Waals surface area (Å²) in [6, 6.07) is 16.3. The minimum atomic E-state index is -0.151. The predicted molar refractivity (Wildman–Crippen MR) is 138 cm³/mol. The van der Waals surface area contributed by atoms with Crippen molar-refractivity contribution in [3.05, 3.63) is 78.7 Å². The maximum Gasteiger partial charge on any atom is 0.308 e. The number of carbonyl (C=O) groups is 1. The van der Waals surface area contributed by atoms with Crippen molar-refractivity contribution in [3.63, 3.8) is 0 Å². The van der Waals surface area contributed by atoms with Gasteiger partial charge < -0.3 is 5.32 Å². The molecular formula is C26H25BrN2O2S2. The number of para-hydroxylation sites is 1. The number of amides is 1. The second kappa shape index (κ2) is 8.43. The summed E-state index contributed by atoms with van der Waals surface area (Å²) in [7, 11) is 0. The van der Waals surface area contributed by atoms with Crippen molar-refractivity contribution in [1.82, 2.24) is 4.57 Å². The predicted octanol–water partition coefficient (Wildman–Crippen LogP) is 6.27. The second-order valence-electron chi connectivity index (χ2n) is 9.51. The number of halogens is 1. The summed E-state index contributed by atoms with van der Waals surface area (Å²) in [6.07, 6.45) is 3.90. The number of fused-ring (bicyclic) bond motifs is 6. The maximum atomic E-state index is 13.2. The van der Waals surface area contributed by atoms with Gasteiger partial charge in [0.25, 0.3) is 0 Å². The lowest BCUT2D eigenvalue weighted by Gasteiger charge is -2.40. The number of hydrogen-bond donors (Lipinski definition) is 1. The van der Waals surface area contributed by atoms with Gasteiger partial charge in [0.05, 0.1) is 5.03 Å². The van der Waals surface area contributed by atoms with Crippen LogP contribution in [0.3, 0.4) is 0 Å². The standard InChI is InChI=1S/C26H25BrN2O2S2/c1-14-5-2-3-8-19(14)28-20(30)13-29-25-24(33-26(29)31)22(15-6-4-7-18(27)12-15)21-16-9-10-17(11-16)23(21)32-25/h2-8,12,16-17,21-23H,9-11,13H2,1H3,(H,28,30)/t16?,17?,21?,22-,23?/m0/s1. The molecule has 2 bridgehead atoms. The van der Waals surface area contributed by atoms with Crippen LogP contribution in [0, 0.1) is 24.7 Å². The fraction of sp³-hybridized carbons (Fsp3) is 0.385. The molecule has 0 spiro atoms. The van der Waals surface area contributed by atoms with Gasteiger partial charge in [-0.1, -0.05) is 57.6 Å². The number of rotatable bonds is 4. The van der Waals surface area contributed by atoms with Crippen molar-refractivity contribution in [2.75, 3.05) is 5.32 Å². The topological polar surface area (TPSA) is 51.1 Å². The van der Waals surface area contributed by atoms with Crippen LogP contribution in [-0.2, 0) is 11.3 Å². The number of aryl methyl sites for hydroxylation is 1. The Hall–Kier alpha value is -1.83. The van der Waals surface area contributed by atoms with Gasteiger partial charge in [-0.2, -0.15) is 0 Å². The van der Waals surface area contributed by atoms with E-state index >= 15 is 0 Å². The first-order chi connectivity index (χ1) is 16.0. The molecule has 4 nitrogen and oxygen atoms in total. The summed E-state index contributed by atoms with van der Waals surface area (Å²) in [5.41, 5.74) is 3.10. The summed E-state index contributed by atoms with van der Waals surface area (Å²) >= 11 is 6.87. The molecule has 0 radical (unpaired) electrons. The molecule has 2 aromatic carbocycles. The van der Waals surface area contributed by atoms with E-state index in [-0.39, 0.29) is 23.2 Å². The van der Waals surface area contributed by atoms with Gasteiger partial charge in [-0.3, -0.25) is 14.2 Å². The molecule has 33 heavy (non-hydrogen) atoms. The molecule has 1 aliphatic heterocycles. The van der Waals surface area contributed by atoms with Crippen LogP contribution in [0.4, 0.5) is 5.69 Å². The van der Waals surface area contributed by atoms with Crippen LogP contribution in [0.2, 0.25) is 0 Å². The van der Waals surface area contributed by atoms with Crippen LogP contribution in [0.5, 0.6) is 0 Å². The van der Waals surface area contributed by atoms with E-state index in [1.165, 1.54) is 36.2 Å². The van der Waals surface area contributed by atoms with Gasteiger partial charge in [-0.25, -0.2) is 0 Å². The van der Waals surface area contributed by atoms with Crippen molar-refractivity contribution in [2.24, 2.45) is 17.8 Å². The van der Waals surface area contributed by atoms with Crippen molar-refractivity contribution >= 4 is 50.6 Å². The molecule has 3 aliphatic rings. The van der Waals surface area contributed by atoms with Gasteiger partial charge in [0.2, 0.25) is 5.91 Å². The summed E-state index contributed by atoms with van der Waals surface area (Å²) in [6.45, 7) is 2.03. The summed E-state index contributed by atoms with van der Waals surface area (Å²) in [5, 5.41) is 4.54. The highest BCUT2D eigenvalue weighted by molar-refractivity contribution is 9.10. The van der Waals surface area contributed by atoms with E-state index < -0.39 is 0 Å². The van der Waals surface area contributed by atoms with Gasteiger partial charge in [0.15, 0.2) is 0 Å². The number of hydrogen-bond acceptors (Lipinski definition) is 4. The van der Waals surface area contributed by atoms with Crippen LogP contribution in [0.1, 0.15) is 41.2 Å². The fourth-order valence-electron chi connectivity index (χ4n) is 6.21. The largest absolute Gasteiger partial charge is 0.324 e. The Morgan fingerprint density at radius 1 is 1.15 bits per heavy atom. The first kappa shape index (κ1) is 21.7. The third-order valence-corrected chi connectivity index (χ3v) is 10.9. The Morgan fingerprint density at radius 2 is 1.97 bits per heavy atom. The molecule has 0 saturated heterocycles. The van der Waals surface area contributed by atoms with Crippen molar-refractivity contribution < 1.29 is 4.79 Å². The van der Waals surface area contributed by atoms with Gasteiger partial charge in [-0.05, 0) is 73.3 Å². The zero-order chi connectivity index (χ0) is 22.7. The lowest BCUT2D eigenvalue weighted by Crippen LogP contribution is -2.34. The lowest BCUT2D eigenvalue weighted by molar-refractivity contribution is -0.116. The molecule has 4 unspecified atom stereocenters. The summed E-state index contributed by atoms with van der Waals surface area (Å²) in [4.78, 5) is 27.2. The zero-order valence-electron chi connectivity index (χ0n) is 18.3. The molecule has 5 atom stereocenters. The molecule has 170 valence electrons. The van der Waals surface area contributed by atoms with E-state index in [0.717, 1.165) is 37.5 Å². The molecule has 2 fully saturated rings. The van der Waals surface area contributed by atoms with Gasteiger partial charge in [0.1, 0.15) is 6.54 Å². The van der Waals surface area contributed by atoms with Gasteiger partial charge >= 0.3 is 4.87 Å². The van der Waals surface area contributed by atoms with Crippen LogP contribution < -0.4 is 10.2 Å². The van der Waals surface area contributed by atoms with Crippen molar-refractivity contribution in [2.45, 2.75) is 48.9 Å².